The summed E-state index contributed by atoms with van der Waals surface area (Å²) in [7, 11) is 0. The van der Waals surface area contributed by atoms with Gasteiger partial charge in [-0.25, -0.2) is 0 Å². The fourth-order valence-electron chi connectivity index (χ4n) is 2.17. The molecular weight excluding hydrogens is 192 g/mol. The minimum atomic E-state index is -0.172. The third-order valence-corrected chi connectivity index (χ3v) is 3.03. The van der Waals surface area contributed by atoms with E-state index in [1.807, 2.05) is 0 Å². The highest BCUT2D eigenvalue weighted by atomic mass is 16.5. The molecule has 0 bridgehead atoms. The van der Waals surface area contributed by atoms with Crippen LogP contribution >= 0.6 is 0 Å². The predicted molar refractivity (Wildman–Crippen MR) is 58.3 cm³/mol. The summed E-state index contributed by atoms with van der Waals surface area (Å²) >= 11 is 0. The summed E-state index contributed by atoms with van der Waals surface area (Å²) in [6.45, 7) is 7.09. The first-order valence-electron chi connectivity index (χ1n) is 5.57. The third kappa shape index (κ3) is 3.94. The van der Waals surface area contributed by atoms with Gasteiger partial charge in [0.2, 0.25) is 0 Å². The predicted octanol–water partition coefficient (Wildman–Crippen LogP) is 2.66. The van der Waals surface area contributed by atoms with E-state index in [2.05, 4.69) is 13.5 Å². The Kier molecular flexibility index (Phi) is 4.66. The van der Waals surface area contributed by atoms with Gasteiger partial charge in [-0.3, -0.25) is 4.79 Å². The second-order valence-corrected chi connectivity index (χ2v) is 4.15. The van der Waals surface area contributed by atoms with Gasteiger partial charge < -0.3 is 9.47 Å². The lowest BCUT2D eigenvalue weighted by molar-refractivity contribution is -0.148. The van der Waals surface area contributed by atoms with Crippen molar-refractivity contribution < 1.29 is 14.3 Å². The minimum absolute atomic E-state index is 0.120. The Morgan fingerprint density at radius 3 is 2.47 bits per heavy atom. The lowest BCUT2D eigenvalue weighted by Gasteiger charge is -2.31. The molecule has 3 nitrogen and oxygen atoms in total. The van der Waals surface area contributed by atoms with Crippen molar-refractivity contribution in [2.75, 3.05) is 0 Å². The summed E-state index contributed by atoms with van der Waals surface area (Å²) in [5.41, 5.74) is 0. The van der Waals surface area contributed by atoms with E-state index in [4.69, 9.17) is 9.47 Å². The lowest BCUT2D eigenvalue weighted by Crippen LogP contribution is -2.29. The number of esters is 1. The molecule has 0 radical (unpaired) electrons. The van der Waals surface area contributed by atoms with Crippen molar-refractivity contribution in [1.29, 1.82) is 0 Å². The quantitative estimate of drug-likeness (QED) is 0.531. The van der Waals surface area contributed by atoms with Gasteiger partial charge in [0.15, 0.2) is 0 Å². The zero-order chi connectivity index (χ0) is 11.3. The van der Waals surface area contributed by atoms with Crippen LogP contribution in [0.4, 0.5) is 0 Å². The van der Waals surface area contributed by atoms with Crippen LogP contribution in [0.5, 0.6) is 0 Å². The molecule has 1 unspecified atom stereocenters. The molecule has 0 N–H and O–H groups in total. The summed E-state index contributed by atoms with van der Waals surface area (Å²) in [4.78, 5) is 10.8. The van der Waals surface area contributed by atoms with Crippen LogP contribution in [0.3, 0.4) is 0 Å². The molecule has 86 valence electrons. The molecule has 0 aromatic heterocycles. The number of carbonyl (C=O) groups excluding carboxylic acids is 1. The fourth-order valence-corrected chi connectivity index (χ4v) is 2.17. The minimum Gasteiger partial charge on any atom is -0.499 e. The van der Waals surface area contributed by atoms with Gasteiger partial charge >= 0.3 is 5.97 Å². The SMILES string of the molecule is C=COC(C)C1CCC(OC(C)=O)CC1. The summed E-state index contributed by atoms with van der Waals surface area (Å²) in [6.07, 6.45) is 5.88. The number of ether oxygens (including phenoxy) is 2. The second-order valence-electron chi connectivity index (χ2n) is 4.15. The van der Waals surface area contributed by atoms with E-state index in [0.717, 1.165) is 25.7 Å². The Hall–Kier alpha value is -0.990. The van der Waals surface area contributed by atoms with Gasteiger partial charge in [0.05, 0.1) is 12.4 Å². The zero-order valence-electron chi connectivity index (χ0n) is 9.57. The van der Waals surface area contributed by atoms with Crippen LogP contribution in [-0.2, 0) is 14.3 Å². The van der Waals surface area contributed by atoms with Gasteiger partial charge in [-0.15, -0.1) is 0 Å². The smallest absolute Gasteiger partial charge is 0.302 e. The van der Waals surface area contributed by atoms with Crippen LogP contribution in [0.25, 0.3) is 0 Å². The van der Waals surface area contributed by atoms with E-state index in [1.165, 1.54) is 13.2 Å². The maximum absolute atomic E-state index is 10.8. The Labute approximate surface area is 91.4 Å². The molecule has 0 spiro atoms. The van der Waals surface area contributed by atoms with Gasteiger partial charge in [0.25, 0.3) is 0 Å². The molecular formula is C12H20O3. The first-order valence-corrected chi connectivity index (χ1v) is 5.57. The number of hydrogen-bond donors (Lipinski definition) is 0. The topological polar surface area (TPSA) is 35.5 Å². The van der Waals surface area contributed by atoms with Crippen LogP contribution in [-0.4, -0.2) is 18.2 Å². The maximum atomic E-state index is 10.8. The Morgan fingerprint density at radius 1 is 1.40 bits per heavy atom. The number of hydrogen-bond acceptors (Lipinski definition) is 3. The van der Waals surface area contributed by atoms with Crippen LogP contribution in [0.15, 0.2) is 12.8 Å². The summed E-state index contributed by atoms with van der Waals surface area (Å²) in [6, 6.07) is 0. The highest BCUT2D eigenvalue weighted by Gasteiger charge is 2.26. The molecule has 0 aliphatic heterocycles. The zero-order valence-corrected chi connectivity index (χ0v) is 9.57. The van der Waals surface area contributed by atoms with Crippen molar-refractivity contribution in [3.05, 3.63) is 12.8 Å². The largest absolute Gasteiger partial charge is 0.499 e. The highest BCUT2D eigenvalue weighted by molar-refractivity contribution is 5.66. The van der Waals surface area contributed by atoms with Gasteiger partial charge in [0, 0.05) is 6.92 Å². The van der Waals surface area contributed by atoms with E-state index < -0.39 is 0 Å². The van der Waals surface area contributed by atoms with Gasteiger partial charge in [0.1, 0.15) is 6.10 Å². The van der Waals surface area contributed by atoms with E-state index in [0.29, 0.717) is 5.92 Å². The molecule has 0 saturated heterocycles. The molecule has 1 fully saturated rings. The first-order chi connectivity index (χ1) is 7.13. The van der Waals surface area contributed by atoms with Crippen LogP contribution in [0.2, 0.25) is 0 Å². The molecule has 1 aliphatic carbocycles. The lowest BCUT2D eigenvalue weighted by atomic mass is 9.84. The van der Waals surface area contributed by atoms with E-state index in [9.17, 15) is 4.79 Å². The van der Waals surface area contributed by atoms with Crippen LogP contribution in [0.1, 0.15) is 39.5 Å². The molecule has 0 amide bonds. The van der Waals surface area contributed by atoms with Crippen molar-refractivity contribution in [3.63, 3.8) is 0 Å². The summed E-state index contributed by atoms with van der Waals surface area (Å²) in [5.74, 6) is 0.392. The summed E-state index contributed by atoms with van der Waals surface area (Å²) < 4.78 is 10.5. The van der Waals surface area contributed by atoms with Crippen LogP contribution < -0.4 is 0 Å². The monoisotopic (exact) mass is 212 g/mol. The normalized spacial score (nSPS) is 27.9. The fraction of sp³-hybridized carbons (Fsp3) is 0.750. The summed E-state index contributed by atoms with van der Waals surface area (Å²) in [5, 5.41) is 0. The standard InChI is InChI=1S/C12H20O3/c1-4-14-9(2)11-5-7-12(8-6-11)15-10(3)13/h4,9,11-12H,1,5-8H2,2-3H3. The van der Waals surface area contributed by atoms with Crippen molar-refractivity contribution in [1.82, 2.24) is 0 Å². The first kappa shape index (κ1) is 12.1. The van der Waals surface area contributed by atoms with Gasteiger partial charge in [-0.05, 0) is 38.5 Å². The maximum Gasteiger partial charge on any atom is 0.302 e. The number of rotatable bonds is 4. The molecule has 0 aromatic rings. The Balaban J connectivity index is 2.28. The average molecular weight is 212 g/mol. The van der Waals surface area contributed by atoms with Crippen molar-refractivity contribution in [2.45, 2.75) is 51.7 Å². The average Bonchev–Trinajstić information content (AvgIpc) is 2.18. The molecule has 3 heteroatoms. The second kappa shape index (κ2) is 5.79. The molecule has 0 heterocycles. The van der Waals surface area contributed by atoms with Gasteiger partial charge in [-0.1, -0.05) is 6.58 Å². The Bertz CT molecular complexity index is 217. The Morgan fingerprint density at radius 2 is 2.00 bits per heavy atom. The van der Waals surface area contributed by atoms with Crippen molar-refractivity contribution in [2.24, 2.45) is 5.92 Å². The van der Waals surface area contributed by atoms with Crippen molar-refractivity contribution >= 4 is 5.97 Å². The molecule has 1 aliphatic rings. The highest BCUT2D eigenvalue weighted by Crippen LogP contribution is 2.29. The molecule has 0 aromatic carbocycles. The van der Waals surface area contributed by atoms with Crippen LogP contribution in [0, 0.1) is 5.92 Å². The molecule has 1 atom stereocenters. The third-order valence-electron chi connectivity index (χ3n) is 3.03. The van der Waals surface area contributed by atoms with Crippen molar-refractivity contribution in [3.8, 4) is 0 Å². The number of carbonyl (C=O) groups is 1. The van der Waals surface area contributed by atoms with Gasteiger partial charge in [-0.2, -0.15) is 0 Å². The van der Waals surface area contributed by atoms with E-state index in [-0.39, 0.29) is 18.2 Å². The van der Waals surface area contributed by atoms with E-state index in [1.54, 1.807) is 0 Å². The van der Waals surface area contributed by atoms with E-state index >= 15 is 0 Å². The molecule has 1 rings (SSSR count). The molecule has 1 saturated carbocycles. The molecule has 15 heavy (non-hydrogen) atoms.